The van der Waals surface area contributed by atoms with E-state index in [4.69, 9.17) is 14.2 Å². The van der Waals surface area contributed by atoms with Crippen molar-refractivity contribution < 1.29 is 54.7 Å². The molecule has 1 atom stereocenters. The first-order valence-electron chi connectivity index (χ1n) is 11.0. The molecular weight excluding hydrogens is 529 g/mol. The Morgan fingerprint density at radius 2 is 1.22 bits per heavy atom. The summed E-state index contributed by atoms with van der Waals surface area (Å²) >= 11 is 0. The smallest absolute Gasteiger partial charge is 0.417 e. The fourth-order valence-corrected chi connectivity index (χ4v) is 7.56. The van der Waals surface area contributed by atoms with Crippen molar-refractivity contribution in [2.75, 3.05) is 21.3 Å². The fraction of sp³-hybridized carbons (Fsp3) is 0.417. The molecule has 2 aromatic rings. The Labute approximate surface area is 208 Å². The standard InChI is InChI=1S/C24H23F6O6P/c1-34-13-11-17(35-2)20(18(12-13)36-3)22(32)37(33,14-7-4-5-8-14)21(31)19-15(23(25,26)27)9-6-10-16(19)24(28,29)30/h6,9-12,14H,4-5,7-8H2,1-3H3. The first kappa shape index (κ1) is 28.6. The summed E-state index contributed by atoms with van der Waals surface area (Å²) < 4.78 is 113. The number of carbonyl (C=O) groups excluding carboxylic acids is 2. The molecule has 0 radical (unpaired) electrons. The monoisotopic (exact) mass is 552 g/mol. The second-order valence-electron chi connectivity index (χ2n) is 8.34. The molecule has 1 unspecified atom stereocenters. The van der Waals surface area contributed by atoms with Gasteiger partial charge < -0.3 is 18.8 Å². The summed E-state index contributed by atoms with van der Waals surface area (Å²) in [6.45, 7) is 0. The van der Waals surface area contributed by atoms with E-state index in [0.717, 1.165) is 14.2 Å². The summed E-state index contributed by atoms with van der Waals surface area (Å²) in [5, 5.41) is 0. The molecule has 13 heteroatoms. The lowest BCUT2D eigenvalue weighted by atomic mass is 10.0. The van der Waals surface area contributed by atoms with Gasteiger partial charge in [0.2, 0.25) is 18.2 Å². The zero-order chi connectivity index (χ0) is 27.8. The van der Waals surface area contributed by atoms with Gasteiger partial charge in [-0.25, -0.2) is 0 Å². The summed E-state index contributed by atoms with van der Waals surface area (Å²) in [5.74, 6) is -0.409. The molecule has 0 saturated heterocycles. The lowest BCUT2D eigenvalue weighted by molar-refractivity contribution is -0.143. The van der Waals surface area contributed by atoms with Gasteiger partial charge in [0.15, 0.2) is 0 Å². The first-order valence-corrected chi connectivity index (χ1v) is 12.8. The van der Waals surface area contributed by atoms with Crippen LogP contribution in [0.4, 0.5) is 26.3 Å². The highest BCUT2D eigenvalue weighted by atomic mass is 31.2. The Morgan fingerprint density at radius 1 is 0.784 bits per heavy atom. The number of ether oxygens (including phenoxy) is 3. The topological polar surface area (TPSA) is 78.9 Å². The normalized spacial score (nSPS) is 16.2. The predicted octanol–water partition coefficient (Wildman–Crippen LogP) is 7.04. The van der Waals surface area contributed by atoms with Crippen LogP contribution in [-0.2, 0) is 16.9 Å². The van der Waals surface area contributed by atoms with Crippen molar-refractivity contribution in [2.45, 2.75) is 43.7 Å². The minimum atomic E-state index is -5.40. The number of methoxy groups -OCH3 is 3. The van der Waals surface area contributed by atoms with Crippen LogP contribution in [0, 0.1) is 0 Å². The molecule has 1 aliphatic rings. The van der Waals surface area contributed by atoms with Crippen LogP contribution < -0.4 is 14.2 Å². The zero-order valence-electron chi connectivity index (χ0n) is 20.0. The second kappa shape index (κ2) is 10.4. The van der Waals surface area contributed by atoms with Crippen LogP contribution >= 0.6 is 7.14 Å². The molecule has 3 rings (SSSR count). The van der Waals surface area contributed by atoms with E-state index in [1.807, 2.05) is 0 Å². The van der Waals surface area contributed by atoms with Crippen molar-refractivity contribution in [1.82, 2.24) is 0 Å². The van der Waals surface area contributed by atoms with Gasteiger partial charge in [-0.1, -0.05) is 18.9 Å². The number of hydrogen-bond donors (Lipinski definition) is 0. The highest BCUT2D eigenvalue weighted by molar-refractivity contribution is 7.96. The highest BCUT2D eigenvalue weighted by Gasteiger charge is 2.54. The summed E-state index contributed by atoms with van der Waals surface area (Å²) in [6, 6.07) is 3.48. The van der Waals surface area contributed by atoms with Gasteiger partial charge >= 0.3 is 12.4 Å². The van der Waals surface area contributed by atoms with Crippen LogP contribution in [0.2, 0.25) is 0 Å². The van der Waals surface area contributed by atoms with Crippen molar-refractivity contribution in [1.29, 1.82) is 0 Å². The Morgan fingerprint density at radius 3 is 1.59 bits per heavy atom. The fourth-order valence-electron chi connectivity index (χ4n) is 4.50. The molecule has 1 saturated carbocycles. The van der Waals surface area contributed by atoms with E-state index >= 15 is 0 Å². The maximum Gasteiger partial charge on any atom is 0.417 e. The maximum atomic E-state index is 14.5. The Hall–Kier alpha value is -3.01. The van der Waals surface area contributed by atoms with Crippen molar-refractivity contribution in [3.63, 3.8) is 0 Å². The third-order valence-corrected chi connectivity index (χ3v) is 9.46. The van der Waals surface area contributed by atoms with Gasteiger partial charge in [-0.15, -0.1) is 0 Å². The SMILES string of the molecule is COc1cc(OC)c(C(=O)P(=O)(C(=O)c2c(C(F)(F)F)cccc2C(F)(F)F)C2CCCC2)c(OC)c1. The van der Waals surface area contributed by atoms with Crippen LogP contribution in [0.1, 0.15) is 57.5 Å². The van der Waals surface area contributed by atoms with E-state index in [-0.39, 0.29) is 30.1 Å². The average Bonchev–Trinajstić information content (AvgIpc) is 3.40. The van der Waals surface area contributed by atoms with Gasteiger partial charge in [-0.05, 0) is 25.0 Å². The Balaban J connectivity index is 2.37. The van der Waals surface area contributed by atoms with Crippen LogP contribution in [-0.4, -0.2) is 38.0 Å². The molecular formula is C24H23F6O6P. The van der Waals surface area contributed by atoms with Crippen molar-refractivity contribution in [3.05, 3.63) is 52.6 Å². The molecule has 0 aliphatic heterocycles. The molecule has 0 bridgehead atoms. The summed E-state index contributed by atoms with van der Waals surface area (Å²) in [4.78, 5) is 27.6. The largest absolute Gasteiger partial charge is 0.496 e. The number of benzene rings is 2. The molecule has 0 aromatic heterocycles. The van der Waals surface area contributed by atoms with E-state index in [9.17, 15) is 40.5 Å². The molecule has 1 aliphatic carbocycles. The quantitative estimate of drug-likeness (QED) is 0.258. The summed E-state index contributed by atoms with van der Waals surface area (Å²) in [6.07, 6.45) is -10.0. The van der Waals surface area contributed by atoms with Crippen LogP contribution in [0.3, 0.4) is 0 Å². The van der Waals surface area contributed by atoms with Gasteiger partial charge in [0.1, 0.15) is 22.8 Å². The van der Waals surface area contributed by atoms with E-state index in [1.54, 1.807) is 0 Å². The molecule has 0 spiro atoms. The zero-order valence-corrected chi connectivity index (χ0v) is 20.9. The lowest BCUT2D eigenvalue weighted by Crippen LogP contribution is -2.26. The Bertz CT molecular complexity index is 1190. The van der Waals surface area contributed by atoms with Crippen LogP contribution in [0.25, 0.3) is 0 Å². The van der Waals surface area contributed by atoms with Crippen molar-refractivity contribution in [3.8, 4) is 17.2 Å². The number of carbonyl (C=O) groups is 2. The third-order valence-electron chi connectivity index (χ3n) is 6.26. The van der Waals surface area contributed by atoms with Crippen LogP contribution in [0.15, 0.2) is 30.3 Å². The molecule has 0 N–H and O–H groups in total. The molecule has 1 fully saturated rings. The minimum absolute atomic E-state index is 0.00504. The lowest BCUT2D eigenvalue weighted by Gasteiger charge is -2.26. The molecule has 202 valence electrons. The summed E-state index contributed by atoms with van der Waals surface area (Å²) in [7, 11) is -1.62. The predicted molar refractivity (Wildman–Crippen MR) is 121 cm³/mol. The average molecular weight is 552 g/mol. The number of halogens is 6. The third kappa shape index (κ3) is 5.21. The number of alkyl halides is 6. The summed E-state index contributed by atoms with van der Waals surface area (Å²) in [5.41, 5.74) is -10.9. The van der Waals surface area contributed by atoms with E-state index in [0.29, 0.717) is 31.0 Å². The van der Waals surface area contributed by atoms with E-state index in [1.165, 1.54) is 19.2 Å². The van der Waals surface area contributed by atoms with Crippen molar-refractivity contribution >= 4 is 18.2 Å². The van der Waals surface area contributed by atoms with Gasteiger partial charge in [-0.3, -0.25) is 9.59 Å². The maximum absolute atomic E-state index is 14.5. The molecule has 37 heavy (non-hydrogen) atoms. The first-order chi connectivity index (χ1) is 17.2. The van der Waals surface area contributed by atoms with E-state index < -0.39 is 58.5 Å². The van der Waals surface area contributed by atoms with Gasteiger partial charge in [0.25, 0.3) is 0 Å². The van der Waals surface area contributed by atoms with E-state index in [2.05, 4.69) is 0 Å². The molecule has 2 aromatic carbocycles. The number of hydrogen-bond acceptors (Lipinski definition) is 6. The molecule has 0 heterocycles. The van der Waals surface area contributed by atoms with Crippen LogP contribution in [0.5, 0.6) is 17.2 Å². The Kier molecular flexibility index (Phi) is 8.02. The minimum Gasteiger partial charge on any atom is -0.496 e. The van der Waals surface area contributed by atoms with Gasteiger partial charge in [0.05, 0.1) is 38.0 Å². The molecule has 0 amide bonds. The van der Waals surface area contributed by atoms with Gasteiger partial charge in [0, 0.05) is 17.8 Å². The number of rotatable bonds is 8. The second-order valence-corrected chi connectivity index (χ2v) is 11.2. The highest BCUT2D eigenvalue weighted by Crippen LogP contribution is 2.63. The van der Waals surface area contributed by atoms with Crippen molar-refractivity contribution in [2.24, 2.45) is 0 Å². The molecule has 6 nitrogen and oxygen atoms in total. The van der Waals surface area contributed by atoms with Gasteiger partial charge in [-0.2, -0.15) is 26.3 Å².